The summed E-state index contributed by atoms with van der Waals surface area (Å²) in [6.07, 6.45) is 0.0743. The van der Waals surface area contributed by atoms with E-state index in [-0.39, 0.29) is 17.6 Å². The molecule has 0 saturated heterocycles. The Bertz CT molecular complexity index is 491. The predicted molar refractivity (Wildman–Crippen MR) is 83.5 cm³/mol. The Morgan fingerprint density at radius 1 is 1.25 bits per heavy atom. The third-order valence-electron chi connectivity index (χ3n) is 2.98. The zero-order chi connectivity index (χ0) is 15.3. The summed E-state index contributed by atoms with van der Waals surface area (Å²) in [7, 11) is 0. The van der Waals surface area contributed by atoms with Crippen molar-refractivity contribution in [1.29, 1.82) is 0 Å². The number of thioether (sulfide) groups is 1. The summed E-state index contributed by atoms with van der Waals surface area (Å²) in [6, 6.07) is 4.07. The van der Waals surface area contributed by atoms with Crippen molar-refractivity contribution >= 4 is 29.3 Å². The third kappa shape index (κ3) is 4.89. The average molecular weight is 295 g/mol. The molecule has 20 heavy (non-hydrogen) atoms. The molecule has 4 nitrogen and oxygen atoms in total. The minimum Gasteiger partial charge on any atom is -0.481 e. The van der Waals surface area contributed by atoms with Gasteiger partial charge >= 0.3 is 5.97 Å². The molecule has 0 aliphatic heterocycles. The number of carbonyl (C=O) groups excluding carboxylic acids is 1. The maximum Gasteiger partial charge on any atom is 0.304 e. The van der Waals surface area contributed by atoms with Crippen molar-refractivity contribution < 1.29 is 14.7 Å². The molecule has 0 fully saturated rings. The number of anilines is 1. The van der Waals surface area contributed by atoms with Crippen molar-refractivity contribution in [2.45, 2.75) is 39.4 Å². The average Bonchev–Trinajstić information content (AvgIpc) is 2.32. The normalized spacial score (nSPS) is 12.0. The van der Waals surface area contributed by atoms with Crippen LogP contribution in [0.25, 0.3) is 0 Å². The van der Waals surface area contributed by atoms with Gasteiger partial charge in [0.2, 0.25) is 5.91 Å². The topological polar surface area (TPSA) is 66.4 Å². The quantitative estimate of drug-likeness (QED) is 0.846. The fourth-order valence-electron chi connectivity index (χ4n) is 2.00. The molecule has 0 aliphatic carbocycles. The number of hydrogen-bond acceptors (Lipinski definition) is 3. The van der Waals surface area contributed by atoms with Gasteiger partial charge in [0.1, 0.15) is 0 Å². The number of hydrogen-bond donors (Lipinski definition) is 2. The van der Waals surface area contributed by atoms with E-state index < -0.39 is 5.97 Å². The van der Waals surface area contributed by atoms with Crippen LogP contribution in [0, 0.1) is 20.8 Å². The van der Waals surface area contributed by atoms with Gasteiger partial charge in [-0.15, -0.1) is 11.8 Å². The minimum atomic E-state index is -0.838. The Hall–Kier alpha value is -1.49. The number of carboxylic acids is 1. The lowest BCUT2D eigenvalue weighted by atomic mass is 10.1. The molecule has 0 heterocycles. The summed E-state index contributed by atoms with van der Waals surface area (Å²) in [4.78, 5) is 22.5. The summed E-state index contributed by atoms with van der Waals surface area (Å²) >= 11 is 1.35. The highest BCUT2D eigenvalue weighted by Crippen LogP contribution is 2.23. The van der Waals surface area contributed by atoms with Gasteiger partial charge in [-0.25, -0.2) is 0 Å². The van der Waals surface area contributed by atoms with Gasteiger partial charge in [0.15, 0.2) is 0 Å². The number of rotatable bonds is 6. The van der Waals surface area contributed by atoms with Gasteiger partial charge < -0.3 is 10.4 Å². The summed E-state index contributed by atoms with van der Waals surface area (Å²) < 4.78 is 0. The molecule has 0 aliphatic rings. The third-order valence-corrected chi connectivity index (χ3v) is 4.13. The van der Waals surface area contributed by atoms with Gasteiger partial charge in [0.05, 0.1) is 11.7 Å². The molecule has 2 N–H and O–H groups in total. The molecule has 110 valence electrons. The van der Waals surface area contributed by atoms with Crippen LogP contribution in [0.1, 0.15) is 30.0 Å². The maximum absolute atomic E-state index is 12.1. The van der Waals surface area contributed by atoms with Gasteiger partial charge in [-0.05, 0) is 38.8 Å². The first-order chi connectivity index (χ1) is 9.31. The number of aryl methyl sites for hydroxylation is 3. The summed E-state index contributed by atoms with van der Waals surface area (Å²) in [6.45, 7) is 7.76. The van der Waals surface area contributed by atoms with Gasteiger partial charge in [-0.2, -0.15) is 0 Å². The van der Waals surface area contributed by atoms with Crippen LogP contribution < -0.4 is 5.32 Å². The number of carbonyl (C=O) groups is 2. The molecule has 1 unspecified atom stereocenters. The summed E-state index contributed by atoms with van der Waals surface area (Å²) in [5.74, 6) is -0.485. The lowest BCUT2D eigenvalue weighted by molar-refractivity contribution is -0.136. The fraction of sp³-hybridized carbons (Fsp3) is 0.467. The highest BCUT2D eigenvalue weighted by Gasteiger charge is 2.16. The van der Waals surface area contributed by atoms with Gasteiger partial charge in [-0.3, -0.25) is 9.59 Å². The van der Waals surface area contributed by atoms with E-state index in [0.29, 0.717) is 5.75 Å². The van der Waals surface area contributed by atoms with Crippen LogP contribution >= 0.6 is 11.8 Å². The molecule has 1 amide bonds. The second-order valence-electron chi connectivity index (χ2n) is 4.92. The first-order valence-electron chi connectivity index (χ1n) is 6.53. The van der Waals surface area contributed by atoms with E-state index in [0.717, 1.165) is 16.8 Å². The lowest BCUT2D eigenvalue weighted by Gasteiger charge is -2.16. The van der Waals surface area contributed by atoms with Gasteiger partial charge in [0, 0.05) is 11.4 Å². The molecule has 1 rings (SSSR count). The van der Waals surface area contributed by atoms with E-state index >= 15 is 0 Å². The molecular formula is C15H21NO3S. The molecule has 0 radical (unpaired) electrons. The van der Waals surface area contributed by atoms with Crippen molar-refractivity contribution in [3.05, 3.63) is 28.8 Å². The van der Waals surface area contributed by atoms with Crippen molar-refractivity contribution in [1.82, 2.24) is 0 Å². The Kier molecular flexibility index (Phi) is 6.07. The molecule has 1 aromatic rings. The van der Waals surface area contributed by atoms with E-state index in [1.165, 1.54) is 17.3 Å². The van der Waals surface area contributed by atoms with E-state index in [9.17, 15) is 9.59 Å². The van der Waals surface area contributed by atoms with E-state index in [1.807, 2.05) is 32.9 Å². The van der Waals surface area contributed by atoms with Crippen LogP contribution in [-0.4, -0.2) is 28.0 Å². The van der Waals surface area contributed by atoms with Crippen molar-refractivity contribution in [2.24, 2.45) is 0 Å². The minimum absolute atomic E-state index is 0.0743. The standard InChI is InChI=1S/C15H21NO3S/c1-9-7-10(2)14(11(3)8-9)16-15(19)12(4)20-6-5-13(17)18/h7-8,12H,5-6H2,1-4H3,(H,16,19)(H,17,18). The Morgan fingerprint density at radius 2 is 1.80 bits per heavy atom. The van der Waals surface area contributed by atoms with Crippen LogP contribution in [-0.2, 0) is 9.59 Å². The second-order valence-corrected chi connectivity index (χ2v) is 6.37. The highest BCUT2D eigenvalue weighted by molar-refractivity contribution is 8.00. The molecule has 0 spiro atoms. The molecule has 0 saturated carbocycles. The van der Waals surface area contributed by atoms with Crippen molar-refractivity contribution in [3.63, 3.8) is 0 Å². The smallest absolute Gasteiger partial charge is 0.304 e. The zero-order valence-corrected chi connectivity index (χ0v) is 13.1. The Balaban J connectivity index is 2.64. The molecule has 0 bridgehead atoms. The number of carboxylic acid groups (broad SMARTS) is 1. The first-order valence-corrected chi connectivity index (χ1v) is 7.58. The number of aliphatic carboxylic acids is 1. The van der Waals surface area contributed by atoms with Crippen LogP contribution in [0.15, 0.2) is 12.1 Å². The number of amides is 1. The summed E-state index contributed by atoms with van der Waals surface area (Å²) in [5, 5.41) is 11.3. The molecular weight excluding hydrogens is 274 g/mol. The zero-order valence-electron chi connectivity index (χ0n) is 12.3. The van der Waals surface area contributed by atoms with Gasteiger partial charge in [-0.1, -0.05) is 17.7 Å². The Morgan fingerprint density at radius 3 is 2.30 bits per heavy atom. The molecule has 1 aromatic carbocycles. The SMILES string of the molecule is Cc1cc(C)c(NC(=O)C(C)SCCC(=O)O)c(C)c1. The van der Waals surface area contributed by atoms with Crippen LogP contribution in [0.3, 0.4) is 0 Å². The molecule has 5 heteroatoms. The maximum atomic E-state index is 12.1. The monoisotopic (exact) mass is 295 g/mol. The Labute approximate surface area is 124 Å². The summed E-state index contributed by atoms with van der Waals surface area (Å²) in [5.41, 5.74) is 4.10. The van der Waals surface area contributed by atoms with Crippen LogP contribution in [0.2, 0.25) is 0 Å². The predicted octanol–water partition coefficient (Wildman–Crippen LogP) is 3.15. The van der Waals surface area contributed by atoms with Crippen molar-refractivity contribution in [2.75, 3.05) is 11.1 Å². The van der Waals surface area contributed by atoms with E-state index in [4.69, 9.17) is 5.11 Å². The van der Waals surface area contributed by atoms with Crippen LogP contribution in [0.5, 0.6) is 0 Å². The van der Waals surface area contributed by atoms with E-state index in [2.05, 4.69) is 5.32 Å². The second kappa shape index (κ2) is 7.33. The van der Waals surface area contributed by atoms with Crippen LogP contribution in [0.4, 0.5) is 5.69 Å². The first kappa shape index (κ1) is 16.6. The van der Waals surface area contributed by atoms with Crippen molar-refractivity contribution in [3.8, 4) is 0 Å². The fourth-order valence-corrected chi connectivity index (χ4v) is 2.86. The van der Waals surface area contributed by atoms with E-state index in [1.54, 1.807) is 6.92 Å². The lowest BCUT2D eigenvalue weighted by Crippen LogP contribution is -2.24. The highest BCUT2D eigenvalue weighted by atomic mass is 32.2. The van der Waals surface area contributed by atoms with Gasteiger partial charge in [0.25, 0.3) is 0 Å². The number of nitrogens with one attached hydrogen (secondary N) is 1. The molecule has 0 aromatic heterocycles. The largest absolute Gasteiger partial charge is 0.481 e. The number of benzene rings is 1. The molecule has 1 atom stereocenters.